The maximum absolute atomic E-state index is 12.3. The Morgan fingerprint density at radius 2 is 2.06 bits per heavy atom. The molecule has 0 fully saturated rings. The summed E-state index contributed by atoms with van der Waals surface area (Å²) < 4.78 is 0. The minimum absolute atomic E-state index is 0.0643. The third-order valence-electron chi connectivity index (χ3n) is 5.03. The summed E-state index contributed by atoms with van der Waals surface area (Å²) in [4.78, 5) is 51.9. The van der Waals surface area contributed by atoms with Crippen molar-refractivity contribution >= 4 is 29.3 Å². The Balaban J connectivity index is 1.54. The Morgan fingerprint density at radius 1 is 1.34 bits per heavy atom. The first-order valence-electron chi connectivity index (χ1n) is 9.85. The standard InChI is InChI=1S/C19H23N7O6/c20-19-24-15-13(17(28)25-19)7-10(9-22-15)8-21-12-3-1-11(2-4-12)16(27)23-14(18(29)30)5-6-26(31)32/h1-4,10,14,21H,5-9H2,(H,23,27)(H,29,30)(H4,20,22,24,25,28)/t10?,14-/m1/s1. The van der Waals surface area contributed by atoms with Crippen LogP contribution in [0.2, 0.25) is 0 Å². The Labute approximate surface area is 181 Å². The molecule has 170 valence electrons. The molecule has 0 saturated carbocycles. The number of nitrogens with two attached hydrogens (primary N) is 1. The number of H-pyrrole nitrogens is 1. The average Bonchev–Trinajstić information content (AvgIpc) is 2.75. The van der Waals surface area contributed by atoms with Crippen molar-refractivity contribution in [3.8, 4) is 0 Å². The Bertz CT molecular complexity index is 1070. The van der Waals surface area contributed by atoms with Crippen molar-refractivity contribution in [1.82, 2.24) is 15.3 Å². The minimum atomic E-state index is -1.35. The second kappa shape index (κ2) is 9.76. The number of aliphatic carboxylic acids is 1. The zero-order chi connectivity index (χ0) is 23.3. The normalized spacial score (nSPS) is 15.7. The number of hydrogen-bond donors (Lipinski definition) is 6. The van der Waals surface area contributed by atoms with Crippen LogP contribution in [0.15, 0.2) is 29.1 Å². The lowest BCUT2D eigenvalue weighted by Crippen LogP contribution is -2.41. The number of rotatable bonds is 9. The maximum atomic E-state index is 12.3. The summed E-state index contributed by atoms with van der Waals surface area (Å²) >= 11 is 0. The fourth-order valence-corrected chi connectivity index (χ4v) is 3.33. The zero-order valence-electron chi connectivity index (χ0n) is 17.0. The molecule has 2 atom stereocenters. The third-order valence-corrected chi connectivity index (χ3v) is 5.03. The third kappa shape index (κ3) is 5.71. The van der Waals surface area contributed by atoms with Crippen LogP contribution in [0.4, 0.5) is 17.5 Å². The molecule has 0 bridgehead atoms. The highest BCUT2D eigenvalue weighted by Gasteiger charge is 2.24. The maximum Gasteiger partial charge on any atom is 0.326 e. The molecule has 2 heterocycles. The van der Waals surface area contributed by atoms with Gasteiger partial charge in [0, 0.05) is 35.7 Å². The topological polar surface area (TPSA) is 205 Å². The van der Waals surface area contributed by atoms with Gasteiger partial charge in [0.1, 0.15) is 11.9 Å². The van der Waals surface area contributed by atoms with Crippen LogP contribution in [0, 0.1) is 16.0 Å². The van der Waals surface area contributed by atoms with Gasteiger partial charge in [0.15, 0.2) is 0 Å². The largest absolute Gasteiger partial charge is 0.480 e. The number of hydrogen-bond acceptors (Lipinski definition) is 9. The van der Waals surface area contributed by atoms with Gasteiger partial charge in [0.25, 0.3) is 11.5 Å². The van der Waals surface area contributed by atoms with Crippen LogP contribution in [-0.2, 0) is 11.2 Å². The van der Waals surface area contributed by atoms with E-state index in [-0.39, 0.29) is 29.4 Å². The predicted octanol–water partition coefficient (Wildman–Crippen LogP) is -0.102. The number of carboxylic acid groups (broad SMARTS) is 1. The van der Waals surface area contributed by atoms with Crippen molar-refractivity contribution in [1.29, 1.82) is 0 Å². The first-order valence-corrected chi connectivity index (χ1v) is 9.85. The fraction of sp³-hybridized carbons (Fsp3) is 0.368. The van der Waals surface area contributed by atoms with Crippen molar-refractivity contribution in [2.24, 2.45) is 5.92 Å². The van der Waals surface area contributed by atoms with E-state index in [0.717, 1.165) is 5.69 Å². The summed E-state index contributed by atoms with van der Waals surface area (Å²) in [6.07, 6.45) is 0.219. The van der Waals surface area contributed by atoms with Gasteiger partial charge in [-0.05, 0) is 36.6 Å². The van der Waals surface area contributed by atoms with Crippen LogP contribution < -0.4 is 27.2 Å². The molecule has 1 aliphatic heterocycles. The van der Waals surface area contributed by atoms with E-state index in [1.807, 2.05) is 0 Å². The summed E-state index contributed by atoms with van der Waals surface area (Å²) in [5.41, 5.74) is 6.80. The smallest absolute Gasteiger partial charge is 0.326 e. The van der Waals surface area contributed by atoms with E-state index in [1.54, 1.807) is 12.1 Å². The molecule has 0 radical (unpaired) electrons. The number of aromatic nitrogens is 2. The lowest BCUT2D eigenvalue weighted by molar-refractivity contribution is -0.480. The van der Waals surface area contributed by atoms with Gasteiger partial charge in [-0.15, -0.1) is 0 Å². The Morgan fingerprint density at radius 3 is 2.72 bits per heavy atom. The van der Waals surface area contributed by atoms with Crippen molar-refractivity contribution in [2.45, 2.75) is 18.9 Å². The van der Waals surface area contributed by atoms with E-state index in [4.69, 9.17) is 10.8 Å². The number of carbonyl (C=O) groups excluding carboxylic acids is 1. The number of nitrogen functional groups attached to an aromatic ring is 1. The average molecular weight is 445 g/mol. The van der Waals surface area contributed by atoms with Gasteiger partial charge in [0.2, 0.25) is 12.5 Å². The molecule has 0 saturated heterocycles. The van der Waals surface area contributed by atoms with Crippen LogP contribution in [0.1, 0.15) is 22.3 Å². The van der Waals surface area contributed by atoms with Crippen LogP contribution >= 0.6 is 0 Å². The van der Waals surface area contributed by atoms with Crippen molar-refractivity contribution in [2.75, 3.05) is 36.0 Å². The summed E-state index contributed by atoms with van der Waals surface area (Å²) in [6.45, 7) is 0.608. The van der Waals surface area contributed by atoms with Crippen molar-refractivity contribution in [3.63, 3.8) is 0 Å². The summed E-state index contributed by atoms with van der Waals surface area (Å²) in [5.74, 6) is -1.29. The Hall–Kier alpha value is -4.16. The lowest BCUT2D eigenvalue weighted by Gasteiger charge is -2.25. The number of amides is 1. The van der Waals surface area contributed by atoms with E-state index in [1.165, 1.54) is 12.1 Å². The highest BCUT2D eigenvalue weighted by molar-refractivity contribution is 5.96. The number of carbonyl (C=O) groups is 2. The number of fused-ring (bicyclic) bond motifs is 1. The molecule has 0 aliphatic carbocycles. The number of nitrogens with one attached hydrogen (secondary N) is 4. The van der Waals surface area contributed by atoms with Gasteiger partial charge < -0.3 is 26.8 Å². The van der Waals surface area contributed by atoms with Crippen molar-refractivity contribution < 1.29 is 19.6 Å². The monoisotopic (exact) mass is 445 g/mol. The molecule has 2 aromatic rings. The second-order valence-electron chi connectivity index (χ2n) is 7.40. The molecular formula is C19H23N7O6. The summed E-state index contributed by atoms with van der Waals surface area (Å²) in [6, 6.07) is 5.04. The molecule has 13 nitrogen and oxygen atoms in total. The molecule has 32 heavy (non-hydrogen) atoms. The van der Waals surface area contributed by atoms with Crippen LogP contribution in [-0.4, -0.2) is 57.6 Å². The van der Waals surface area contributed by atoms with Crippen LogP contribution in [0.5, 0.6) is 0 Å². The molecule has 7 N–H and O–H groups in total. The van der Waals surface area contributed by atoms with E-state index >= 15 is 0 Å². The van der Waals surface area contributed by atoms with Gasteiger partial charge in [0.05, 0.1) is 5.56 Å². The molecule has 13 heteroatoms. The molecule has 1 aliphatic rings. The predicted molar refractivity (Wildman–Crippen MR) is 115 cm³/mol. The molecule has 1 aromatic carbocycles. The number of anilines is 3. The summed E-state index contributed by atoms with van der Waals surface area (Å²) in [5, 5.41) is 28.2. The van der Waals surface area contributed by atoms with Crippen LogP contribution in [0.25, 0.3) is 0 Å². The van der Waals surface area contributed by atoms with Gasteiger partial charge in [-0.1, -0.05) is 0 Å². The second-order valence-corrected chi connectivity index (χ2v) is 7.40. The van der Waals surface area contributed by atoms with E-state index in [0.29, 0.717) is 30.9 Å². The number of nitro groups is 1. The number of aromatic amines is 1. The number of nitrogens with zero attached hydrogens (tertiary/aromatic N) is 2. The fourth-order valence-electron chi connectivity index (χ4n) is 3.33. The molecule has 1 unspecified atom stereocenters. The van der Waals surface area contributed by atoms with E-state index in [9.17, 15) is 24.5 Å². The first-order chi connectivity index (χ1) is 15.2. The van der Waals surface area contributed by atoms with Crippen LogP contribution in [0.3, 0.4) is 0 Å². The van der Waals surface area contributed by atoms with Gasteiger partial charge in [-0.2, -0.15) is 4.98 Å². The molecule has 0 spiro atoms. The quantitative estimate of drug-likeness (QED) is 0.223. The SMILES string of the molecule is Nc1nc2c(c(=O)[nH]1)CC(CNc1ccc(C(=O)N[C@H](CC[N+](=O)[O-])C(=O)O)cc1)CN2. The molecular weight excluding hydrogens is 422 g/mol. The van der Waals surface area contributed by atoms with Gasteiger partial charge in [-0.3, -0.25) is 24.7 Å². The van der Waals surface area contributed by atoms with Gasteiger partial charge in [-0.25, -0.2) is 4.79 Å². The Kier molecular flexibility index (Phi) is 6.87. The lowest BCUT2D eigenvalue weighted by atomic mass is 9.96. The first kappa shape index (κ1) is 22.5. The number of carboxylic acids is 1. The van der Waals surface area contributed by atoms with Gasteiger partial charge >= 0.3 is 5.97 Å². The molecule has 3 rings (SSSR count). The molecule has 1 amide bonds. The molecule has 1 aromatic heterocycles. The van der Waals surface area contributed by atoms with Crippen molar-refractivity contribution in [3.05, 3.63) is 55.9 Å². The zero-order valence-corrected chi connectivity index (χ0v) is 17.0. The van der Waals surface area contributed by atoms with E-state index < -0.39 is 29.4 Å². The highest BCUT2D eigenvalue weighted by atomic mass is 16.6. The van der Waals surface area contributed by atoms with E-state index in [2.05, 4.69) is 25.9 Å². The summed E-state index contributed by atoms with van der Waals surface area (Å²) in [7, 11) is 0. The highest BCUT2D eigenvalue weighted by Crippen LogP contribution is 2.20. The number of benzene rings is 1. The minimum Gasteiger partial charge on any atom is -0.480 e.